The van der Waals surface area contributed by atoms with Gasteiger partial charge in [-0.05, 0) is 31.2 Å². The van der Waals surface area contributed by atoms with Crippen LogP contribution < -0.4 is 5.69 Å². The lowest BCUT2D eigenvalue weighted by molar-refractivity contribution is 0.883. The highest BCUT2D eigenvalue weighted by Gasteiger charge is 2.17. The molecule has 1 aromatic carbocycles. The van der Waals surface area contributed by atoms with Crippen molar-refractivity contribution in [2.24, 2.45) is 0 Å². The molecule has 0 saturated carbocycles. The van der Waals surface area contributed by atoms with E-state index < -0.39 is 0 Å². The van der Waals surface area contributed by atoms with E-state index in [0.717, 1.165) is 22.2 Å². The lowest BCUT2D eigenvalue weighted by atomic mass is 10.2. The van der Waals surface area contributed by atoms with Gasteiger partial charge in [-0.25, -0.2) is 14.8 Å². The van der Waals surface area contributed by atoms with Crippen LogP contribution in [0, 0.1) is 6.92 Å². The largest absolute Gasteiger partial charge is 0.348 e. The van der Waals surface area contributed by atoms with Gasteiger partial charge in [0.1, 0.15) is 11.3 Å². The molecule has 0 aliphatic rings. The SMILES string of the molecule is Cc1c(-c2nc3c4ccccc4[nH]c(=O)n3n2)nc2ccccn12. The second kappa shape index (κ2) is 4.51. The van der Waals surface area contributed by atoms with Crippen molar-refractivity contribution in [2.75, 3.05) is 0 Å². The molecule has 116 valence electrons. The highest BCUT2D eigenvalue weighted by Crippen LogP contribution is 2.23. The minimum atomic E-state index is -0.316. The summed E-state index contributed by atoms with van der Waals surface area (Å²) >= 11 is 0. The third kappa shape index (κ3) is 1.66. The zero-order valence-corrected chi connectivity index (χ0v) is 12.8. The maximum Gasteiger partial charge on any atom is 0.348 e. The van der Waals surface area contributed by atoms with Gasteiger partial charge in [-0.15, -0.1) is 5.10 Å². The molecule has 0 radical (unpaired) electrons. The number of benzene rings is 1. The van der Waals surface area contributed by atoms with Crippen molar-refractivity contribution < 1.29 is 0 Å². The molecule has 4 aromatic heterocycles. The Bertz CT molecular complexity index is 1290. The Labute approximate surface area is 135 Å². The fraction of sp³-hybridized carbons (Fsp3) is 0.0588. The van der Waals surface area contributed by atoms with E-state index in [4.69, 9.17) is 0 Å². The van der Waals surface area contributed by atoms with Crippen LogP contribution in [0.15, 0.2) is 53.5 Å². The number of imidazole rings is 1. The number of nitrogens with zero attached hydrogens (tertiary/aromatic N) is 5. The molecular formula is C17H12N6O. The summed E-state index contributed by atoms with van der Waals surface area (Å²) in [5, 5.41) is 5.22. The van der Waals surface area contributed by atoms with E-state index in [1.807, 2.05) is 60.0 Å². The first kappa shape index (κ1) is 13.0. The predicted octanol–water partition coefficient (Wildman–Crippen LogP) is 2.19. The minimum absolute atomic E-state index is 0.316. The Balaban J connectivity index is 1.87. The molecule has 0 fully saturated rings. The number of pyridine rings is 1. The molecule has 5 rings (SSSR count). The molecule has 0 amide bonds. The summed E-state index contributed by atoms with van der Waals surface area (Å²) in [4.78, 5) is 24.3. The Kier molecular flexibility index (Phi) is 2.44. The topological polar surface area (TPSA) is 80.3 Å². The van der Waals surface area contributed by atoms with Gasteiger partial charge in [-0.2, -0.15) is 4.52 Å². The van der Waals surface area contributed by atoms with Crippen LogP contribution in [0.3, 0.4) is 0 Å². The number of fused-ring (bicyclic) bond motifs is 4. The van der Waals surface area contributed by atoms with E-state index >= 15 is 0 Å². The smallest absolute Gasteiger partial charge is 0.305 e. The Morgan fingerprint density at radius 1 is 1.04 bits per heavy atom. The molecule has 1 N–H and O–H groups in total. The van der Waals surface area contributed by atoms with Gasteiger partial charge in [-0.3, -0.25) is 0 Å². The summed E-state index contributed by atoms with van der Waals surface area (Å²) < 4.78 is 3.27. The Morgan fingerprint density at radius 3 is 2.75 bits per heavy atom. The van der Waals surface area contributed by atoms with Crippen molar-refractivity contribution in [1.82, 2.24) is 29.0 Å². The van der Waals surface area contributed by atoms with Gasteiger partial charge in [0.2, 0.25) is 5.82 Å². The highest BCUT2D eigenvalue weighted by atomic mass is 16.1. The van der Waals surface area contributed by atoms with E-state index in [1.165, 1.54) is 4.52 Å². The zero-order chi connectivity index (χ0) is 16.3. The van der Waals surface area contributed by atoms with Crippen molar-refractivity contribution in [3.8, 4) is 11.5 Å². The first-order chi connectivity index (χ1) is 11.7. The fourth-order valence-electron chi connectivity index (χ4n) is 3.01. The molecule has 0 aliphatic heterocycles. The average Bonchev–Trinajstić information content (AvgIpc) is 3.18. The highest BCUT2D eigenvalue weighted by molar-refractivity contribution is 5.91. The molecule has 0 atom stereocenters. The number of para-hydroxylation sites is 1. The monoisotopic (exact) mass is 316 g/mol. The molecule has 0 aliphatic carbocycles. The van der Waals surface area contributed by atoms with Crippen molar-refractivity contribution >= 4 is 22.2 Å². The van der Waals surface area contributed by atoms with E-state index in [1.54, 1.807) is 0 Å². The quantitative estimate of drug-likeness (QED) is 0.514. The molecule has 4 heterocycles. The van der Waals surface area contributed by atoms with Gasteiger partial charge in [0.05, 0.1) is 11.2 Å². The van der Waals surface area contributed by atoms with Crippen LogP contribution in [0.5, 0.6) is 0 Å². The minimum Gasteiger partial charge on any atom is -0.305 e. The van der Waals surface area contributed by atoms with E-state index in [2.05, 4.69) is 20.1 Å². The molecule has 7 nitrogen and oxygen atoms in total. The lowest BCUT2D eigenvalue weighted by Crippen LogP contribution is -2.17. The van der Waals surface area contributed by atoms with Crippen LogP contribution >= 0.6 is 0 Å². The maximum atomic E-state index is 12.3. The van der Waals surface area contributed by atoms with Crippen molar-refractivity contribution in [3.05, 3.63) is 64.8 Å². The molecule has 0 unspecified atom stereocenters. The third-order valence-electron chi connectivity index (χ3n) is 4.19. The second-order valence-electron chi connectivity index (χ2n) is 5.62. The first-order valence-corrected chi connectivity index (χ1v) is 7.54. The summed E-state index contributed by atoms with van der Waals surface area (Å²) in [6.45, 7) is 1.96. The van der Waals surface area contributed by atoms with Gasteiger partial charge in [-0.1, -0.05) is 18.2 Å². The third-order valence-corrected chi connectivity index (χ3v) is 4.19. The van der Waals surface area contributed by atoms with Crippen molar-refractivity contribution in [3.63, 3.8) is 0 Å². The summed E-state index contributed by atoms with van der Waals surface area (Å²) in [6.07, 6.45) is 1.94. The van der Waals surface area contributed by atoms with E-state index in [0.29, 0.717) is 17.2 Å². The van der Waals surface area contributed by atoms with Crippen LogP contribution in [0.4, 0.5) is 0 Å². The van der Waals surface area contributed by atoms with Crippen LogP contribution in [-0.2, 0) is 0 Å². The molecule has 5 aromatic rings. The van der Waals surface area contributed by atoms with Crippen LogP contribution in [0.25, 0.3) is 33.7 Å². The standard InChI is InChI=1S/C17H12N6O/c1-10-14(19-13-8-4-5-9-22(10)13)15-20-16-11-6-2-3-7-12(11)18-17(24)23(16)21-15/h2-9H,1H3,(H,18,24). The average molecular weight is 316 g/mol. The number of aromatic nitrogens is 6. The summed E-state index contributed by atoms with van der Waals surface area (Å²) in [7, 11) is 0. The first-order valence-electron chi connectivity index (χ1n) is 7.54. The molecule has 0 spiro atoms. The van der Waals surface area contributed by atoms with E-state index in [9.17, 15) is 4.79 Å². The molecule has 7 heteroatoms. The van der Waals surface area contributed by atoms with Crippen LogP contribution in [0.2, 0.25) is 0 Å². The zero-order valence-electron chi connectivity index (χ0n) is 12.8. The van der Waals surface area contributed by atoms with Gasteiger partial charge in [0.15, 0.2) is 5.65 Å². The van der Waals surface area contributed by atoms with Gasteiger partial charge < -0.3 is 9.38 Å². The fourth-order valence-corrected chi connectivity index (χ4v) is 3.01. The molecule has 0 bridgehead atoms. The van der Waals surface area contributed by atoms with E-state index in [-0.39, 0.29) is 5.69 Å². The summed E-state index contributed by atoms with van der Waals surface area (Å²) in [6, 6.07) is 13.3. The van der Waals surface area contributed by atoms with Gasteiger partial charge >= 0.3 is 5.69 Å². The number of aryl methyl sites for hydroxylation is 1. The van der Waals surface area contributed by atoms with Crippen molar-refractivity contribution in [1.29, 1.82) is 0 Å². The number of rotatable bonds is 1. The molecular weight excluding hydrogens is 304 g/mol. The number of nitrogens with one attached hydrogen (secondary N) is 1. The molecule has 24 heavy (non-hydrogen) atoms. The predicted molar refractivity (Wildman–Crippen MR) is 90.0 cm³/mol. The Hall–Kier alpha value is -3.48. The molecule has 0 saturated heterocycles. The number of aromatic amines is 1. The normalized spacial score (nSPS) is 11.7. The van der Waals surface area contributed by atoms with Gasteiger partial charge in [0, 0.05) is 11.6 Å². The van der Waals surface area contributed by atoms with Gasteiger partial charge in [0.25, 0.3) is 0 Å². The number of hydrogen-bond donors (Lipinski definition) is 1. The maximum absolute atomic E-state index is 12.3. The van der Waals surface area contributed by atoms with Crippen molar-refractivity contribution in [2.45, 2.75) is 6.92 Å². The Morgan fingerprint density at radius 2 is 1.88 bits per heavy atom. The number of H-pyrrole nitrogens is 1. The van der Waals surface area contributed by atoms with Crippen LogP contribution in [-0.4, -0.2) is 29.0 Å². The lowest BCUT2D eigenvalue weighted by Gasteiger charge is -1.97. The second-order valence-corrected chi connectivity index (χ2v) is 5.62. The number of hydrogen-bond acceptors (Lipinski definition) is 4. The van der Waals surface area contributed by atoms with Crippen LogP contribution in [0.1, 0.15) is 5.69 Å². The summed E-state index contributed by atoms with van der Waals surface area (Å²) in [5.41, 5.74) is 3.38. The summed E-state index contributed by atoms with van der Waals surface area (Å²) in [5.74, 6) is 0.443.